The number of carbonyl (C=O) groups excluding carboxylic acids is 3. The van der Waals surface area contributed by atoms with Crippen LogP contribution in [0.15, 0.2) is 18.2 Å². The number of halogens is 2. The number of hydrogen-bond donors (Lipinski definition) is 3. The van der Waals surface area contributed by atoms with Crippen molar-refractivity contribution < 1.29 is 23.2 Å². The van der Waals surface area contributed by atoms with Gasteiger partial charge in [0, 0.05) is 25.5 Å². The van der Waals surface area contributed by atoms with E-state index in [9.17, 15) is 23.2 Å². The Labute approximate surface area is 180 Å². The summed E-state index contributed by atoms with van der Waals surface area (Å²) in [6, 6.07) is 2.73. The zero-order valence-electron chi connectivity index (χ0n) is 17.5. The lowest BCUT2D eigenvalue weighted by Crippen LogP contribution is -2.50. The summed E-state index contributed by atoms with van der Waals surface area (Å²) in [5, 5.41) is 2.50. The van der Waals surface area contributed by atoms with Crippen molar-refractivity contribution in [1.82, 2.24) is 16.2 Å². The lowest BCUT2D eigenvalue weighted by molar-refractivity contribution is -0.134. The third kappa shape index (κ3) is 5.22. The monoisotopic (exact) mass is 433 g/mol. The third-order valence-electron chi connectivity index (χ3n) is 7.08. The molecule has 1 aromatic rings. The van der Waals surface area contributed by atoms with Gasteiger partial charge in [0.05, 0.1) is 5.56 Å². The highest BCUT2D eigenvalue weighted by atomic mass is 19.1. The first kappa shape index (κ1) is 21.7. The molecule has 0 spiro atoms. The first-order chi connectivity index (χ1) is 14.8. The lowest BCUT2D eigenvalue weighted by atomic mass is 9.49. The highest BCUT2D eigenvalue weighted by Crippen LogP contribution is 2.61. The molecule has 1 aromatic carbocycles. The van der Waals surface area contributed by atoms with E-state index in [1.165, 1.54) is 19.3 Å². The first-order valence-corrected chi connectivity index (χ1v) is 11.1. The number of amides is 3. The molecular formula is C23H29F2N3O3. The van der Waals surface area contributed by atoms with Crippen molar-refractivity contribution in [2.45, 2.75) is 57.8 Å². The highest BCUT2D eigenvalue weighted by Gasteiger charge is 2.51. The zero-order chi connectivity index (χ0) is 22.0. The normalized spacial score (nSPS) is 28.3. The largest absolute Gasteiger partial charge is 0.352 e. The molecule has 5 rings (SSSR count). The molecule has 31 heavy (non-hydrogen) atoms. The molecule has 0 heterocycles. The summed E-state index contributed by atoms with van der Waals surface area (Å²) >= 11 is 0. The molecule has 0 atom stereocenters. The predicted octanol–water partition coefficient (Wildman–Crippen LogP) is 3.23. The van der Waals surface area contributed by atoms with E-state index in [0.717, 1.165) is 49.1 Å². The van der Waals surface area contributed by atoms with Crippen molar-refractivity contribution in [2.24, 2.45) is 23.2 Å². The lowest BCUT2D eigenvalue weighted by Gasteiger charge is -2.56. The van der Waals surface area contributed by atoms with Crippen molar-refractivity contribution >= 4 is 17.7 Å². The Bertz CT molecular complexity index is 838. The molecule has 4 bridgehead atoms. The van der Waals surface area contributed by atoms with Crippen LogP contribution in [0.2, 0.25) is 0 Å². The number of benzene rings is 1. The SMILES string of the molecule is O=C(CCCNC(=O)c1ccc(F)cc1F)NNC(=O)CC12CC3CC(CC(C3)C1)C2. The Kier molecular flexibility index (Phi) is 6.25. The first-order valence-electron chi connectivity index (χ1n) is 11.1. The summed E-state index contributed by atoms with van der Waals surface area (Å²) in [6.07, 6.45) is 8.26. The van der Waals surface area contributed by atoms with Crippen molar-refractivity contribution in [3.05, 3.63) is 35.4 Å². The maximum absolute atomic E-state index is 13.6. The molecule has 4 fully saturated rings. The number of hydrogen-bond acceptors (Lipinski definition) is 3. The van der Waals surface area contributed by atoms with Gasteiger partial charge in [-0.1, -0.05) is 0 Å². The molecule has 6 nitrogen and oxygen atoms in total. The summed E-state index contributed by atoms with van der Waals surface area (Å²) < 4.78 is 26.5. The molecule has 0 aromatic heterocycles. The highest BCUT2D eigenvalue weighted by molar-refractivity contribution is 5.94. The van der Waals surface area contributed by atoms with Gasteiger partial charge in [0.15, 0.2) is 0 Å². The summed E-state index contributed by atoms with van der Waals surface area (Å²) in [5.41, 5.74) is 4.85. The van der Waals surface area contributed by atoms with E-state index in [-0.39, 0.29) is 35.8 Å². The van der Waals surface area contributed by atoms with E-state index < -0.39 is 17.5 Å². The second-order valence-electron chi connectivity index (χ2n) is 9.67. The van der Waals surface area contributed by atoms with Gasteiger partial charge in [0.25, 0.3) is 5.91 Å². The minimum absolute atomic E-state index is 0.101. The molecule has 0 radical (unpaired) electrons. The van der Waals surface area contributed by atoms with Crippen LogP contribution in [0.4, 0.5) is 8.78 Å². The zero-order valence-corrected chi connectivity index (χ0v) is 17.5. The molecule has 0 saturated heterocycles. The second-order valence-corrected chi connectivity index (χ2v) is 9.67. The van der Waals surface area contributed by atoms with E-state index in [0.29, 0.717) is 18.9 Å². The topological polar surface area (TPSA) is 87.3 Å². The Balaban J connectivity index is 1.13. The van der Waals surface area contributed by atoms with Crippen LogP contribution in [-0.4, -0.2) is 24.3 Å². The second kappa shape index (κ2) is 8.93. The fourth-order valence-corrected chi connectivity index (χ4v) is 6.31. The minimum atomic E-state index is -0.933. The van der Waals surface area contributed by atoms with Gasteiger partial charge in [-0.2, -0.15) is 0 Å². The summed E-state index contributed by atoms with van der Waals surface area (Å²) in [6.45, 7) is 0.157. The van der Waals surface area contributed by atoms with Crippen LogP contribution in [0.5, 0.6) is 0 Å². The maximum atomic E-state index is 13.6. The van der Waals surface area contributed by atoms with Crippen LogP contribution >= 0.6 is 0 Å². The standard InChI is InChI=1S/C23H29F2N3O3/c24-17-3-4-18(19(25)9-17)22(31)26-5-1-2-20(29)27-28-21(30)13-23-10-14-6-15(11-23)8-16(7-14)12-23/h3-4,9,14-16H,1-2,5-8,10-13H2,(H,26,31)(H,27,29)(H,28,30). The van der Waals surface area contributed by atoms with Crippen molar-refractivity contribution in [1.29, 1.82) is 0 Å². The third-order valence-corrected chi connectivity index (χ3v) is 7.08. The molecule has 4 aliphatic carbocycles. The summed E-state index contributed by atoms with van der Waals surface area (Å²) in [4.78, 5) is 36.3. The van der Waals surface area contributed by atoms with Crippen molar-refractivity contribution in [2.75, 3.05) is 6.54 Å². The van der Waals surface area contributed by atoms with Gasteiger partial charge < -0.3 is 5.32 Å². The van der Waals surface area contributed by atoms with Gasteiger partial charge in [-0.25, -0.2) is 8.78 Å². The summed E-state index contributed by atoms with van der Waals surface area (Å²) in [7, 11) is 0. The molecule has 0 unspecified atom stereocenters. The molecule has 4 aliphatic rings. The number of nitrogens with one attached hydrogen (secondary N) is 3. The number of carbonyl (C=O) groups is 3. The molecule has 4 saturated carbocycles. The van der Waals surface area contributed by atoms with E-state index in [1.54, 1.807) is 0 Å². The smallest absolute Gasteiger partial charge is 0.254 e. The molecule has 3 N–H and O–H groups in total. The summed E-state index contributed by atoms with van der Waals surface area (Å²) in [5.74, 6) is -0.530. The Morgan fingerprint density at radius 3 is 2.16 bits per heavy atom. The average Bonchev–Trinajstić information content (AvgIpc) is 2.68. The fraction of sp³-hybridized carbons (Fsp3) is 0.609. The van der Waals surface area contributed by atoms with Gasteiger partial charge in [-0.15, -0.1) is 0 Å². The van der Waals surface area contributed by atoms with Crippen molar-refractivity contribution in [3.63, 3.8) is 0 Å². The van der Waals surface area contributed by atoms with Crippen molar-refractivity contribution in [3.8, 4) is 0 Å². The fourth-order valence-electron chi connectivity index (χ4n) is 6.31. The van der Waals surface area contributed by atoms with Crippen LogP contribution in [0.1, 0.15) is 68.1 Å². The Morgan fingerprint density at radius 2 is 1.55 bits per heavy atom. The molecule has 168 valence electrons. The van der Waals surface area contributed by atoms with Gasteiger partial charge in [-0.05, 0) is 80.2 Å². The number of hydrazine groups is 1. The van der Waals surface area contributed by atoms with Crippen LogP contribution in [0.25, 0.3) is 0 Å². The maximum Gasteiger partial charge on any atom is 0.254 e. The molecule has 0 aliphatic heterocycles. The van der Waals surface area contributed by atoms with Gasteiger partial charge >= 0.3 is 0 Å². The Hall–Kier alpha value is -2.51. The molecule has 3 amide bonds. The van der Waals surface area contributed by atoms with Gasteiger partial charge in [-0.3, -0.25) is 25.2 Å². The molecular weight excluding hydrogens is 404 g/mol. The van der Waals surface area contributed by atoms with E-state index in [2.05, 4.69) is 16.2 Å². The van der Waals surface area contributed by atoms with Crippen LogP contribution in [0.3, 0.4) is 0 Å². The number of rotatable bonds is 7. The quantitative estimate of drug-likeness (QED) is 0.456. The molecule has 8 heteroatoms. The van der Waals surface area contributed by atoms with Gasteiger partial charge in [0.2, 0.25) is 11.8 Å². The van der Waals surface area contributed by atoms with E-state index in [1.807, 2.05) is 0 Å². The van der Waals surface area contributed by atoms with E-state index >= 15 is 0 Å². The van der Waals surface area contributed by atoms with Crippen LogP contribution < -0.4 is 16.2 Å². The predicted molar refractivity (Wildman–Crippen MR) is 109 cm³/mol. The van der Waals surface area contributed by atoms with Gasteiger partial charge in [0.1, 0.15) is 11.6 Å². The van der Waals surface area contributed by atoms with Crippen LogP contribution in [-0.2, 0) is 9.59 Å². The van der Waals surface area contributed by atoms with E-state index in [4.69, 9.17) is 0 Å². The van der Waals surface area contributed by atoms with Crippen LogP contribution in [0, 0.1) is 34.8 Å². The Morgan fingerprint density at radius 1 is 0.935 bits per heavy atom. The minimum Gasteiger partial charge on any atom is -0.352 e. The average molecular weight is 433 g/mol.